The summed E-state index contributed by atoms with van der Waals surface area (Å²) < 4.78 is 0. The molecule has 0 amide bonds. The molecule has 100 valence electrons. The highest BCUT2D eigenvalue weighted by Crippen LogP contribution is 2.29. The zero-order chi connectivity index (χ0) is 14.6. The summed E-state index contributed by atoms with van der Waals surface area (Å²) in [6.07, 6.45) is 1.75. The quantitative estimate of drug-likeness (QED) is 0.472. The number of rotatable bonds is 4. The van der Waals surface area contributed by atoms with Gasteiger partial charge in [-0.2, -0.15) is 5.26 Å². The van der Waals surface area contributed by atoms with Crippen molar-refractivity contribution in [1.82, 2.24) is 0 Å². The Kier molecular flexibility index (Phi) is 4.28. The number of anilines is 1. The van der Waals surface area contributed by atoms with Gasteiger partial charge in [0.25, 0.3) is 5.69 Å². The predicted octanol–water partition coefficient (Wildman–Crippen LogP) is 3.26. The van der Waals surface area contributed by atoms with Crippen molar-refractivity contribution in [3.05, 3.63) is 46.5 Å². The van der Waals surface area contributed by atoms with Gasteiger partial charge < -0.3 is 4.90 Å². The standard InChI is InChI=1S/C14H17N3O2/c1-5-8-16(14(2,3)4)12-7-6-11(10-15)13(9-12)17(18)19/h5-7,9H,1,8H2,2-4H3. The predicted molar refractivity (Wildman–Crippen MR) is 75.1 cm³/mol. The molecule has 1 aromatic carbocycles. The van der Waals surface area contributed by atoms with Gasteiger partial charge in [-0.3, -0.25) is 10.1 Å². The minimum Gasteiger partial charge on any atom is -0.363 e. The van der Waals surface area contributed by atoms with Gasteiger partial charge in [0.2, 0.25) is 0 Å². The Morgan fingerprint density at radius 2 is 2.16 bits per heavy atom. The van der Waals surface area contributed by atoms with Gasteiger partial charge in [0.1, 0.15) is 11.6 Å². The smallest absolute Gasteiger partial charge is 0.289 e. The zero-order valence-electron chi connectivity index (χ0n) is 11.4. The second-order valence-electron chi connectivity index (χ2n) is 5.14. The van der Waals surface area contributed by atoms with Gasteiger partial charge >= 0.3 is 0 Å². The molecule has 0 saturated carbocycles. The molecule has 19 heavy (non-hydrogen) atoms. The number of hydrogen-bond donors (Lipinski definition) is 0. The Balaban J connectivity index is 3.34. The molecule has 0 fully saturated rings. The van der Waals surface area contributed by atoms with Crippen molar-refractivity contribution in [3.8, 4) is 6.07 Å². The number of nitro groups is 1. The van der Waals surface area contributed by atoms with Crippen LogP contribution in [-0.2, 0) is 0 Å². The lowest BCUT2D eigenvalue weighted by atomic mass is 10.0. The maximum Gasteiger partial charge on any atom is 0.289 e. The Morgan fingerprint density at radius 1 is 1.53 bits per heavy atom. The molecule has 0 N–H and O–H groups in total. The molecule has 0 aliphatic heterocycles. The first kappa shape index (κ1) is 14.7. The van der Waals surface area contributed by atoms with Crippen molar-refractivity contribution >= 4 is 11.4 Å². The molecule has 0 aromatic heterocycles. The van der Waals surface area contributed by atoms with Crippen molar-refractivity contribution in [2.75, 3.05) is 11.4 Å². The maximum atomic E-state index is 11.0. The van der Waals surface area contributed by atoms with Crippen LogP contribution in [0.1, 0.15) is 26.3 Å². The summed E-state index contributed by atoms with van der Waals surface area (Å²) in [6.45, 7) is 10.3. The highest BCUT2D eigenvalue weighted by atomic mass is 16.6. The molecule has 0 aliphatic rings. The summed E-state index contributed by atoms with van der Waals surface area (Å²) in [4.78, 5) is 12.4. The van der Waals surface area contributed by atoms with E-state index in [0.717, 1.165) is 0 Å². The highest BCUT2D eigenvalue weighted by molar-refractivity contribution is 5.61. The highest BCUT2D eigenvalue weighted by Gasteiger charge is 2.23. The number of benzene rings is 1. The third-order valence-electron chi connectivity index (χ3n) is 2.73. The summed E-state index contributed by atoms with van der Waals surface area (Å²) in [5.74, 6) is 0. The minimum atomic E-state index is -0.531. The Labute approximate surface area is 112 Å². The average molecular weight is 259 g/mol. The molecule has 5 heteroatoms. The Hall–Kier alpha value is -2.35. The van der Waals surface area contributed by atoms with E-state index in [-0.39, 0.29) is 16.8 Å². The number of nitriles is 1. The second-order valence-corrected chi connectivity index (χ2v) is 5.14. The van der Waals surface area contributed by atoms with Crippen LogP contribution in [0.5, 0.6) is 0 Å². The molecule has 5 nitrogen and oxygen atoms in total. The molecular weight excluding hydrogens is 242 g/mol. The third-order valence-corrected chi connectivity index (χ3v) is 2.73. The van der Waals surface area contributed by atoms with Gasteiger partial charge in [-0.15, -0.1) is 6.58 Å². The summed E-state index contributed by atoms with van der Waals surface area (Å²) >= 11 is 0. The molecule has 0 bridgehead atoms. The molecule has 1 rings (SSSR count). The monoisotopic (exact) mass is 259 g/mol. The topological polar surface area (TPSA) is 70.2 Å². The van der Waals surface area contributed by atoms with Crippen LogP contribution in [0, 0.1) is 21.4 Å². The molecular formula is C14H17N3O2. The zero-order valence-corrected chi connectivity index (χ0v) is 11.4. The van der Waals surface area contributed by atoms with E-state index in [1.807, 2.05) is 31.7 Å². The lowest BCUT2D eigenvalue weighted by Crippen LogP contribution is -2.41. The van der Waals surface area contributed by atoms with E-state index < -0.39 is 4.92 Å². The van der Waals surface area contributed by atoms with Gasteiger partial charge in [-0.25, -0.2) is 0 Å². The van der Waals surface area contributed by atoms with Crippen LogP contribution in [-0.4, -0.2) is 17.0 Å². The minimum absolute atomic E-state index is 0.0706. The molecule has 0 spiro atoms. The van der Waals surface area contributed by atoms with Crippen molar-refractivity contribution in [2.24, 2.45) is 0 Å². The maximum absolute atomic E-state index is 11.0. The van der Waals surface area contributed by atoms with Crippen molar-refractivity contribution in [3.63, 3.8) is 0 Å². The van der Waals surface area contributed by atoms with Crippen LogP contribution in [0.2, 0.25) is 0 Å². The summed E-state index contributed by atoms with van der Waals surface area (Å²) in [7, 11) is 0. The van der Waals surface area contributed by atoms with E-state index in [9.17, 15) is 10.1 Å². The molecule has 0 aliphatic carbocycles. The summed E-state index contributed by atoms with van der Waals surface area (Å²) in [5.41, 5.74) is 0.411. The van der Waals surface area contributed by atoms with Crippen molar-refractivity contribution in [1.29, 1.82) is 5.26 Å². The second kappa shape index (κ2) is 5.53. The van der Waals surface area contributed by atoms with E-state index in [4.69, 9.17) is 5.26 Å². The lowest BCUT2D eigenvalue weighted by Gasteiger charge is -2.37. The van der Waals surface area contributed by atoms with E-state index in [1.165, 1.54) is 12.1 Å². The van der Waals surface area contributed by atoms with Crippen LogP contribution < -0.4 is 4.90 Å². The van der Waals surface area contributed by atoms with Crippen LogP contribution in [0.25, 0.3) is 0 Å². The fourth-order valence-electron chi connectivity index (χ4n) is 1.83. The van der Waals surface area contributed by atoms with Gasteiger partial charge in [0, 0.05) is 23.8 Å². The molecule has 0 unspecified atom stereocenters. The summed E-state index contributed by atoms with van der Waals surface area (Å²) in [5, 5.41) is 19.9. The summed E-state index contributed by atoms with van der Waals surface area (Å²) in [6, 6.07) is 6.48. The van der Waals surface area contributed by atoms with E-state index in [0.29, 0.717) is 12.2 Å². The Morgan fingerprint density at radius 3 is 2.58 bits per heavy atom. The number of hydrogen-bond acceptors (Lipinski definition) is 4. The molecule has 1 aromatic rings. The SMILES string of the molecule is C=CCN(c1ccc(C#N)c([N+](=O)[O-])c1)C(C)(C)C. The number of nitro benzene ring substituents is 1. The normalized spacial score (nSPS) is 10.6. The van der Waals surface area contributed by atoms with Crippen molar-refractivity contribution < 1.29 is 4.92 Å². The van der Waals surface area contributed by atoms with Crippen LogP contribution in [0.4, 0.5) is 11.4 Å². The van der Waals surface area contributed by atoms with E-state index in [2.05, 4.69) is 6.58 Å². The van der Waals surface area contributed by atoms with Crippen LogP contribution >= 0.6 is 0 Å². The van der Waals surface area contributed by atoms with E-state index in [1.54, 1.807) is 12.1 Å². The number of nitrogens with zero attached hydrogens (tertiary/aromatic N) is 3. The molecule has 0 saturated heterocycles. The average Bonchev–Trinajstić information content (AvgIpc) is 2.33. The lowest BCUT2D eigenvalue weighted by molar-refractivity contribution is -0.385. The first-order valence-electron chi connectivity index (χ1n) is 5.88. The van der Waals surface area contributed by atoms with Crippen LogP contribution in [0.3, 0.4) is 0 Å². The molecule has 0 radical (unpaired) electrons. The van der Waals surface area contributed by atoms with Gasteiger partial charge in [-0.1, -0.05) is 6.08 Å². The molecule has 0 atom stereocenters. The fourth-order valence-corrected chi connectivity index (χ4v) is 1.83. The van der Waals surface area contributed by atoms with Crippen molar-refractivity contribution in [2.45, 2.75) is 26.3 Å². The fraction of sp³-hybridized carbons (Fsp3) is 0.357. The first-order valence-corrected chi connectivity index (χ1v) is 5.88. The Bertz CT molecular complexity index is 539. The first-order chi connectivity index (χ1) is 8.81. The van der Waals surface area contributed by atoms with Gasteiger partial charge in [-0.05, 0) is 32.9 Å². The van der Waals surface area contributed by atoms with Crippen LogP contribution in [0.15, 0.2) is 30.9 Å². The van der Waals surface area contributed by atoms with Gasteiger partial charge in [0.15, 0.2) is 0 Å². The third kappa shape index (κ3) is 3.32. The van der Waals surface area contributed by atoms with E-state index >= 15 is 0 Å². The molecule has 0 heterocycles. The largest absolute Gasteiger partial charge is 0.363 e. The van der Waals surface area contributed by atoms with Gasteiger partial charge in [0.05, 0.1) is 4.92 Å².